The summed E-state index contributed by atoms with van der Waals surface area (Å²) in [5, 5.41) is 4.05. The van der Waals surface area contributed by atoms with Crippen LogP contribution in [0.1, 0.15) is 36.1 Å². The normalized spacial score (nSPS) is 11.5. The topological polar surface area (TPSA) is 82.1 Å². The van der Waals surface area contributed by atoms with Gasteiger partial charge in [0.15, 0.2) is 0 Å². The van der Waals surface area contributed by atoms with E-state index in [1.54, 1.807) is 36.5 Å². The van der Waals surface area contributed by atoms with E-state index in [-0.39, 0.29) is 4.90 Å². The van der Waals surface area contributed by atoms with Gasteiger partial charge >= 0.3 is 0 Å². The SMILES string of the molecule is CCN(CC)c1ccc(/C=N\NC(=O)CN(c2cc(C)ccc2C)S(=O)(=O)c2ccc(C)cc2)cc1. The maximum absolute atomic E-state index is 13.6. The quantitative estimate of drug-likeness (QED) is 0.316. The largest absolute Gasteiger partial charge is 0.372 e. The molecular weight excluding hydrogens is 472 g/mol. The molecule has 0 atom stereocenters. The van der Waals surface area contributed by atoms with E-state index in [9.17, 15) is 13.2 Å². The molecule has 190 valence electrons. The molecule has 0 aromatic heterocycles. The molecule has 3 rings (SSSR count). The number of hydrazone groups is 1. The number of rotatable bonds is 10. The number of sulfonamides is 1. The Hall–Kier alpha value is -3.65. The number of hydrogen-bond donors (Lipinski definition) is 1. The van der Waals surface area contributed by atoms with Gasteiger partial charge in [-0.05, 0) is 81.6 Å². The summed E-state index contributed by atoms with van der Waals surface area (Å²) in [4.78, 5) is 15.2. The number of benzene rings is 3. The van der Waals surface area contributed by atoms with Crippen molar-refractivity contribution < 1.29 is 13.2 Å². The summed E-state index contributed by atoms with van der Waals surface area (Å²) in [5.41, 5.74) is 7.47. The van der Waals surface area contributed by atoms with Crippen LogP contribution in [0.3, 0.4) is 0 Å². The Morgan fingerprint density at radius 3 is 2.11 bits per heavy atom. The Morgan fingerprint density at radius 2 is 1.50 bits per heavy atom. The highest BCUT2D eigenvalue weighted by atomic mass is 32.2. The molecule has 1 amide bonds. The van der Waals surface area contributed by atoms with Crippen LogP contribution in [0.4, 0.5) is 11.4 Å². The fourth-order valence-corrected chi connectivity index (χ4v) is 5.31. The van der Waals surface area contributed by atoms with E-state index >= 15 is 0 Å². The number of hydrogen-bond acceptors (Lipinski definition) is 5. The van der Waals surface area contributed by atoms with Gasteiger partial charge in [0.2, 0.25) is 0 Å². The van der Waals surface area contributed by atoms with Crippen LogP contribution in [0.5, 0.6) is 0 Å². The molecule has 0 radical (unpaired) electrons. The summed E-state index contributed by atoms with van der Waals surface area (Å²) in [5.74, 6) is -0.539. The first-order valence-corrected chi connectivity index (χ1v) is 13.4. The van der Waals surface area contributed by atoms with Crippen LogP contribution in [0.15, 0.2) is 76.7 Å². The van der Waals surface area contributed by atoms with Gasteiger partial charge in [-0.15, -0.1) is 0 Å². The molecule has 0 bridgehead atoms. The first-order chi connectivity index (χ1) is 17.1. The molecule has 3 aromatic carbocycles. The van der Waals surface area contributed by atoms with Gasteiger partial charge in [0.05, 0.1) is 16.8 Å². The second-order valence-corrected chi connectivity index (χ2v) is 10.5. The summed E-state index contributed by atoms with van der Waals surface area (Å²) in [6, 6.07) is 20.0. The van der Waals surface area contributed by atoms with E-state index in [0.29, 0.717) is 5.69 Å². The molecule has 0 spiro atoms. The molecule has 0 saturated heterocycles. The highest BCUT2D eigenvalue weighted by Crippen LogP contribution is 2.28. The van der Waals surface area contributed by atoms with Crippen molar-refractivity contribution in [1.29, 1.82) is 0 Å². The molecule has 0 aliphatic rings. The average Bonchev–Trinajstić information content (AvgIpc) is 2.86. The van der Waals surface area contributed by atoms with Crippen LogP contribution in [-0.4, -0.2) is 40.2 Å². The van der Waals surface area contributed by atoms with Crippen molar-refractivity contribution >= 4 is 33.5 Å². The standard InChI is InChI=1S/C28H34N4O3S/c1-6-31(7-2)25-14-12-24(13-15-25)19-29-30-28(33)20-32(27-18-22(4)8-11-23(27)5)36(34,35)26-16-9-21(3)10-17-26/h8-19H,6-7,20H2,1-5H3,(H,30,33)/b29-19-. The highest BCUT2D eigenvalue weighted by Gasteiger charge is 2.28. The lowest BCUT2D eigenvalue weighted by atomic mass is 10.1. The number of carbonyl (C=O) groups excluding carboxylic acids is 1. The van der Waals surface area contributed by atoms with E-state index in [1.807, 2.05) is 57.2 Å². The van der Waals surface area contributed by atoms with Gasteiger partial charge in [0, 0.05) is 18.8 Å². The lowest BCUT2D eigenvalue weighted by molar-refractivity contribution is -0.119. The predicted molar refractivity (Wildman–Crippen MR) is 147 cm³/mol. The third-order valence-electron chi connectivity index (χ3n) is 5.95. The minimum Gasteiger partial charge on any atom is -0.372 e. The smallest absolute Gasteiger partial charge is 0.264 e. The summed E-state index contributed by atoms with van der Waals surface area (Å²) in [7, 11) is -3.98. The Kier molecular flexibility index (Phi) is 8.88. The highest BCUT2D eigenvalue weighted by molar-refractivity contribution is 7.92. The first-order valence-electron chi connectivity index (χ1n) is 12.0. The van der Waals surface area contributed by atoms with E-state index in [2.05, 4.69) is 29.3 Å². The minimum absolute atomic E-state index is 0.124. The van der Waals surface area contributed by atoms with Gasteiger partial charge in [-0.1, -0.05) is 42.0 Å². The number of aryl methyl sites for hydroxylation is 3. The van der Waals surface area contributed by atoms with Crippen LogP contribution < -0.4 is 14.6 Å². The lowest BCUT2D eigenvalue weighted by Crippen LogP contribution is -2.40. The van der Waals surface area contributed by atoms with Crippen molar-refractivity contribution in [2.75, 3.05) is 28.8 Å². The van der Waals surface area contributed by atoms with Crippen LogP contribution in [-0.2, 0) is 14.8 Å². The summed E-state index contributed by atoms with van der Waals surface area (Å²) in [6.07, 6.45) is 1.54. The van der Waals surface area contributed by atoms with Crippen molar-refractivity contribution in [2.45, 2.75) is 39.5 Å². The number of anilines is 2. The fourth-order valence-electron chi connectivity index (χ4n) is 3.83. The van der Waals surface area contributed by atoms with Gasteiger partial charge < -0.3 is 4.90 Å². The molecule has 7 nitrogen and oxygen atoms in total. The Labute approximate surface area is 214 Å². The molecular formula is C28H34N4O3S. The van der Waals surface area contributed by atoms with Gasteiger partial charge in [-0.25, -0.2) is 13.8 Å². The van der Waals surface area contributed by atoms with Crippen LogP contribution in [0.25, 0.3) is 0 Å². The molecule has 0 fully saturated rings. The molecule has 0 unspecified atom stereocenters. The van der Waals surface area contributed by atoms with Crippen LogP contribution >= 0.6 is 0 Å². The zero-order chi connectivity index (χ0) is 26.3. The predicted octanol–water partition coefficient (Wildman–Crippen LogP) is 4.80. The minimum atomic E-state index is -3.98. The molecule has 0 aliphatic carbocycles. The number of nitrogens with zero attached hydrogens (tertiary/aromatic N) is 3. The van der Waals surface area contributed by atoms with Crippen molar-refractivity contribution in [3.8, 4) is 0 Å². The number of carbonyl (C=O) groups is 1. The molecule has 0 aliphatic heterocycles. The van der Waals surface area contributed by atoms with Gasteiger partial charge in [0.1, 0.15) is 6.54 Å². The fraction of sp³-hybridized carbons (Fsp3) is 0.286. The molecule has 1 N–H and O–H groups in total. The third kappa shape index (κ3) is 6.51. The van der Waals surface area contributed by atoms with Crippen LogP contribution in [0, 0.1) is 20.8 Å². The zero-order valence-corrected chi connectivity index (χ0v) is 22.3. The zero-order valence-electron chi connectivity index (χ0n) is 21.5. The van der Waals surface area contributed by atoms with E-state index < -0.39 is 22.5 Å². The molecule has 0 saturated carbocycles. The van der Waals surface area contributed by atoms with Crippen molar-refractivity contribution in [3.05, 3.63) is 89.0 Å². The van der Waals surface area contributed by atoms with Crippen molar-refractivity contribution in [1.82, 2.24) is 5.43 Å². The molecule has 8 heteroatoms. The molecule has 3 aromatic rings. The molecule has 0 heterocycles. The van der Waals surface area contributed by atoms with Gasteiger partial charge in [-0.2, -0.15) is 5.10 Å². The first kappa shape index (κ1) is 26.9. The monoisotopic (exact) mass is 506 g/mol. The second-order valence-electron chi connectivity index (χ2n) is 8.67. The van der Waals surface area contributed by atoms with Crippen LogP contribution in [0.2, 0.25) is 0 Å². The van der Waals surface area contributed by atoms with E-state index in [0.717, 1.165) is 45.3 Å². The van der Waals surface area contributed by atoms with Crippen molar-refractivity contribution in [3.63, 3.8) is 0 Å². The van der Waals surface area contributed by atoms with E-state index in [1.165, 1.54) is 0 Å². The Morgan fingerprint density at radius 1 is 0.889 bits per heavy atom. The van der Waals surface area contributed by atoms with Crippen molar-refractivity contribution in [2.24, 2.45) is 5.10 Å². The second kappa shape index (κ2) is 11.9. The third-order valence-corrected chi connectivity index (χ3v) is 7.73. The van der Waals surface area contributed by atoms with Gasteiger partial charge in [-0.3, -0.25) is 9.10 Å². The Bertz CT molecular complexity index is 1310. The molecule has 36 heavy (non-hydrogen) atoms. The number of nitrogens with one attached hydrogen (secondary N) is 1. The van der Waals surface area contributed by atoms with Gasteiger partial charge in [0.25, 0.3) is 15.9 Å². The summed E-state index contributed by atoms with van der Waals surface area (Å²) in [6.45, 7) is 11.2. The lowest BCUT2D eigenvalue weighted by Gasteiger charge is -2.25. The summed E-state index contributed by atoms with van der Waals surface area (Å²) >= 11 is 0. The van der Waals surface area contributed by atoms with E-state index in [4.69, 9.17) is 0 Å². The average molecular weight is 507 g/mol. The number of amides is 1. The maximum atomic E-state index is 13.6. The maximum Gasteiger partial charge on any atom is 0.264 e. The Balaban J connectivity index is 1.81. The summed E-state index contributed by atoms with van der Waals surface area (Å²) < 4.78 is 28.3.